The Bertz CT molecular complexity index is 306. The van der Waals surface area contributed by atoms with Gasteiger partial charge in [0.05, 0.1) is 18.3 Å². The number of nitrogens with two attached hydrogens (primary N) is 1. The highest BCUT2D eigenvalue weighted by Gasteiger charge is 2.18. The minimum absolute atomic E-state index is 0.0846. The summed E-state index contributed by atoms with van der Waals surface area (Å²) in [7, 11) is 0. The first kappa shape index (κ1) is 12.1. The van der Waals surface area contributed by atoms with Crippen LogP contribution in [-0.2, 0) is 4.74 Å². The van der Waals surface area contributed by atoms with Crippen LogP contribution in [0.25, 0.3) is 0 Å². The van der Waals surface area contributed by atoms with Gasteiger partial charge in [-0.3, -0.25) is 4.98 Å². The molecule has 0 aliphatic rings. The van der Waals surface area contributed by atoms with E-state index in [4.69, 9.17) is 10.5 Å². The van der Waals surface area contributed by atoms with Crippen LogP contribution in [0.2, 0.25) is 0 Å². The fourth-order valence-electron chi connectivity index (χ4n) is 1.51. The first-order chi connectivity index (χ1) is 7.19. The predicted molar refractivity (Wildman–Crippen MR) is 56.8 cm³/mol. The highest BCUT2D eigenvalue weighted by atomic mass is 19.1. The zero-order valence-corrected chi connectivity index (χ0v) is 9.11. The summed E-state index contributed by atoms with van der Waals surface area (Å²) in [5.74, 6) is -0.366. The Morgan fingerprint density at radius 3 is 2.73 bits per heavy atom. The van der Waals surface area contributed by atoms with Gasteiger partial charge in [-0.15, -0.1) is 0 Å². The van der Waals surface area contributed by atoms with Crippen molar-refractivity contribution in [2.45, 2.75) is 32.4 Å². The quantitative estimate of drug-likeness (QED) is 0.812. The van der Waals surface area contributed by atoms with Gasteiger partial charge in [0.2, 0.25) is 0 Å². The standard InChI is InChI=1S/C11H17FN2O/c1-3-10(15-4-2)11(13)8-5-9(12)7-14-6-8/h5-7,10-11H,3-4,13H2,1-2H3. The number of ether oxygens (including phenoxy) is 1. The second kappa shape index (κ2) is 5.78. The Kier molecular flexibility index (Phi) is 4.65. The van der Waals surface area contributed by atoms with Crippen LogP contribution < -0.4 is 5.73 Å². The van der Waals surface area contributed by atoms with Crippen LogP contribution in [0, 0.1) is 5.82 Å². The van der Waals surface area contributed by atoms with Crippen molar-refractivity contribution in [2.75, 3.05) is 6.61 Å². The maximum atomic E-state index is 12.9. The highest BCUT2D eigenvalue weighted by molar-refractivity contribution is 5.15. The lowest BCUT2D eigenvalue weighted by Crippen LogP contribution is -2.28. The third-order valence-electron chi connectivity index (χ3n) is 2.29. The number of hydrogen-bond acceptors (Lipinski definition) is 3. The molecule has 0 saturated heterocycles. The number of aromatic nitrogens is 1. The molecule has 2 atom stereocenters. The van der Waals surface area contributed by atoms with Gasteiger partial charge >= 0.3 is 0 Å². The van der Waals surface area contributed by atoms with Crippen LogP contribution in [0.5, 0.6) is 0 Å². The van der Waals surface area contributed by atoms with Crippen LogP contribution in [0.15, 0.2) is 18.5 Å². The van der Waals surface area contributed by atoms with E-state index in [1.54, 1.807) is 6.20 Å². The van der Waals surface area contributed by atoms with Crippen molar-refractivity contribution >= 4 is 0 Å². The van der Waals surface area contributed by atoms with Gasteiger partial charge in [0.1, 0.15) is 5.82 Å². The van der Waals surface area contributed by atoms with E-state index in [1.807, 2.05) is 13.8 Å². The lowest BCUT2D eigenvalue weighted by atomic mass is 10.0. The summed E-state index contributed by atoms with van der Waals surface area (Å²) in [6.07, 6.45) is 3.46. The molecule has 1 aromatic rings. The molecule has 0 amide bonds. The van der Waals surface area contributed by atoms with Gasteiger partial charge < -0.3 is 10.5 Å². The maximum absolute atomic E-state index is 12.9. The second-order valence-corrected chi connectivity index (χ2v) is 3.36. The number of nitrogens with zero attached hydrogens (tertiary/aromatic N) is 1. The number of pyridine rings is 1. The molecular weight excluding hydrogens is 195 g/mol. The van der Waals surface area contributed by atoms with Crippen LogP contribution in [0.1, 0.15) is 31.9 Å². The molecule has 4 heteroatoms. The average Bonchev–Trinajstić information content (AvgIpc) is 2.25. The molecule has 0 saturated carbocycles. The molecule has 15 heavy (non-hydrogen) atoms. The summed E-state index contributed by atoms with van der Waals surface area (Å²) in [5, 5.41) is 0. The van der Waals surface area contributed by atoms with Gasteiger partial charge in [0, 0.05) is 12.8 Å². The number of halogens is 1. The first-order valence-electron chi connectivity index (χ1n) is 5.16. The van der Waals surface area contributed by atoms with Crippen LogP contribution in [0.3, 0.4) is 0 Å². The zero-order valence-electron chi connectivity index (χ0n) is 9.11. The minimum Gasteiger partial charge on any atom is -0.377 e. The van der Waals surface area contributed by atoms with Gasteiger partial charge in [-0.25, -0.2) is 4.39 Å². The summed E-state index contributed by atoms with van der Waals surface area (Å²) in [5.41, 5.74) is 6.65. The van der Waals surface area contributed by atoms with Gasteiger partial charge in [0.15, 0.2) is 0 Å². The molecule has 0 aromatic carbocycles. The smallest absolute Gasteiger partial charge is 0.141 e. The minimum atomic E-state index is -0.366. The molecular formula is C11H17FN2O. The van der Waals surface area contributed by atoms with Crippen molar-refractivity contribution in [1.29, 1.82) is 0 Å². The summed E-state index contributed by atoms with van der Waals surface area (Å²) >= 11 is 0. The van der Waals surface area contributed by atoms with Crippen LogP contribution in [0.4, 0.5) is 4.39 Å². The van der Waals surface area contributed by atoms with Gasteiger partial charge in [-0.2, -0.15) is 0 Å². The first-order valence-corrected chi connectivity index (χ1v) is 5.16. The van der Waals surface area contributed by atoms with Gasteiger partial charge in [-0.1, -0.05) is 6.92 Å². The van der Waals surface area contributed by atoms with Crippen molar-refractivity contribution in [3.63, 3.8) is 0 Å². The largest absolute Gasteiger partial charge is 0.377 e. The highest BCUT2D eigenvalue weighted by Crippen LogP contribution is 2.18. The van der Waals surface area contributed by atoms with Crippen molar-refractivity contribution < 1.29 is 9.13 Å². The van der Waals surface area contributed by atoms with E-state index in [0.29, 0.717) is 12.2 Å². The van der Waals surface area contributed by atoms with E-state index in [-0.39, 0.29) is 18.0 Å². The average molecular weight is 212 g/mol. The normalized spacial score (nSPS) is 14.9. The number of rotatable bonds is 5. The lowest BCUT2D eigenvalue weighted by molar-refractivity contribution is 0.0412. The molecule has 0 aliphatic heterocycles. The Hall–Kier alpha value is -1.00. The third-order valence-corrected chi connectivity index (χ3v) is 2.29. The molecule has 1 rings (SSSR count). The molecule has 3 nitrogen and oxygen atoms in total. The molecule has 0 spiro atoms. The fraction of sp³-hybridized carbons (Fsp3) is 0.545. The molecule has 1 aromatic heterocycles. The Morgan fingerprint density at radius 2 is 2.20 bits per heavy atom. The topological polar surface area (TPSA) is 48.1 Å². The third kappa shape index (κ3) is 3.25. The van der Waals surface area contributed by atoms with Gasteiger partial charge in [0.25, 0.3) is 0 Å². The van der Waals surface area contributed by atoms with Crippen molar-refractivity contribution in [1.82, 2.24) is 4.98 Å². The van der Waals surface area contributed by atoms with E-state index in [0.717, 1.165) is 12.6 Å². The van der Waals surface area contributed by atoms with Crippen molar-refractivity contribution in [3.8, 4) is 0 Å². The second-order valence-electron chi connectivity index (χ2n) is 3.36. The van der Waals surface area contributed by atoms with Crippen molar-refractivity contribution in [2.24, 2.45) is 5.73 Å². The lowest BCUT2D eigenvalue weighted by Gasteiger charge is -2.22. The Morgan fingerprint density at radius 1 is 1.47 bits per heavy atom. The summed E-state index contributed by atoms with van der Waals surface area (Å²) in [6.45, 7) is 4.51. The van der Waals surface area contributed by atoms with Gasteiger partial charge in [-0.05, 0) is 25.0 Å². The molecule has 2 unspecified atom stereocenters. The van der Waals surface area contributed by atoms with E-state index in [2.05, 4.69) is 4.98 Å². The van der Waals surface area contributed by atoms with E-state index < -0.39 is 0 Å². The summed E-state index contributed by atoms with van der Waals surface area (Å²) < 4.78 is 18.4. The van der Waals surface area contributed by atoms with Crippen molar-refractivity contribution in [3.05, 3.63) is 29.8 Å². The summed E-state index contributed by atoms with van der Waals surface area (Å²) in [6, 6.07) is 1.08. The molecule has 1 heterocycles. The molecule has 84 valence electrons. The zero-order chi connectivity index (χ0) is 11.3. The van der Waals surface area contributed by atoms with Crippen LogP contribution in [-0.4, -0.2) is 17.7 Å². The number of hydrogen-bond donors (Lipinski definition) is 1. The molecule has 0 bridgehead atoms. The molecule has 0 aliphatic carbocycles. The molecule has 0 fully saturated rings. The molecule has 2 N–H and O–H groups in total. The fourth-order valence-corrected chi connectivity index (χ4v) is 1.51. The Balaban J connectivity index is 2.77. The molecule has 0 radical (unpaired) electrons. The predicted octanol–water partition coefficient (Wildman–Crippen LogP) is 2.04. The summed E-state index contributed by atoms with van der Waals surface area (Å²) in [4.78, 5) is 3.77. The van der Waals surface area contributed by atoms with E-state index in [9.17, 15) is 4.39 Å². The van der Waals surface area contributed by atoms with Crippen LogP contribution >= 0.6 is 0 Å². The Labute approximate surface area is 89.5 Å². The SMILES string of the molecule is CCOC(CC)C(N)c1cncc(F)c1. The van der Waals surface area contributed by atoms with E-state index in [1.165, 1.54) is 6.07 Å². The monoisotopic (exact) mass is 212 g/mol. The maximum Gasteiger partial charge on any atom is 0.141 e. The van der Waals surface area contributed by atoms with E-state index >= 15 is 0 Å².